The van der Waals surface area contributed by atoms with Gasteiger partial charge in [0.25, 0.3) is 0 Å². The van der Waals surface area contributed by atoms with Crippen molar-refractivity contribution in [3.63, 3.8) is 0 Å². The van der Waals surface area contributed by atoms with E-state index in [4.69, 9.17) is 5.73 Å². The van der Waals surface area contributed by atoms with E-state index in [1.807, 2.05) is 30.3 Å². The molecule has 2 aromatic rings. The summed E-state index contributed by atoms with van der Waals surface area (Å²) in [5.41, 5.74) is 8.66. The first-order valence-corrected chi connectivity index (χ1v) is 7.04. The van der Waals surface area contributed by atoms with E-state index in [0.29, 0.717) is 6.54 Å². The quantitative estimate of drug-likeness (QED) is 0.730. The number of hydrogen-bond acceptors (Lipinski definition) is 3. The Balaban J connectivity index is 1.83. The summed E-state index contributed by atoms with van der Waals surface area (Å²) in [6.07, 6.45) is 0. The van der Waals surface area contributed by atoms with Gasteiger partial charge in [-0.15, -0.1) is 0 Å². The van der Waals surface area contributed by atoms with Crippen molar-refractivity contribution in [2.24, 2.45) is 5.73 Å². The second-order valence-corrected chi connectivity index (χ2v) is 5.04. The molecule has 110 valence electrons. The molecule has 0 bridgehead atoms. The molecule has 0 saturated carbocycles. The van der Waals surface area contributed by atoms with Crippen LogP contribution in [0.15, 0.2) is 54.6 Å². The Kier molecular flexibility index (Phi) is 5.35. The second-order valence-electron chi connectivity index (χ2n) is 5.04. The molecule has 4 N–H and O–H groups in total. The van der Waals surface area contributed by atoms with Crippen LogP contribution in [-0.4, -0.2) is 11.9 Å². The monoisotopic (exact) mass is 283 g/mol. The average molecular weight is 283 g/mol. The van der Waals surface area contributed by atoms with Crippen LogP contribution in [0.25, 0.3) is 0 Å². The predicted molar refractivity (Wildman–Crippen MR) is 85.7 cm³/mol. The molecule has 1 amide bonds. The van der Waals surface area contributed by atoms with Crippen molar-refractivity contribution in [2.75, 3.05) is 5.32 Å². The van der Waals surface area contributed by atoms with Crippen LogP contribution >= 0.6 is 0 Å². The highest BCUT2D eigenvalue weighted by molar-refractivity contribution is 5.79. The molecule has 4 nitrogen and oxygen atoms in total. The van der Waals surface area contributed by atoms with Crippen LogP contribution in [0.4, 0.5) is 5.69 Å². The van der Waals surface area contributed by atoms with Gasteiger partial charge in [0.1, 0.15) is 0 Å². The number of benzene rings is 2. The van der Waals surface area contributed by atoms with Crippen LogP contribution in [0.2, 0.25) is 0 Å². The lowest BCUT2D eigenvalue weighted by Crippen LogP contribution is -2.38. The maximum atomic E-state index is 10.9. The van der Waals surface area contributed by atoms with Crippen LogP contribution in [0, 0.1) is 0 Å². The second kappa shape index (κ2) is 7.45. The van der Waals surface area contributed by atoms with Gasteiger partial charge in [-0.05, 0) is 30.2 Å². The Morgan fingerprint density at radius 3 is 2.14 bits per heavy atom. The van der Waals surface area contributed by atoms with Crippen molar-refractivity contribution >= 4 is 11.6 Å². The lowest BCUT2D eigenvalue weighted by molar-refractivity contribution is -0.119. The highest BCUT2D eigenvalue weighted by Crippen LogP contribution is 2.09. The molecule has 0 radical (unpaired) electrons. The van der Waals surface area contributed by atoms with Crippen LogP contribution < -0.4 is 16.4 Å². The van der Waals surface area contributed by atoms with E-state index >= 15 is 0 Å². The van der Waals surface area contributed by atoms with E-state index in [-0.39, 0.29) is 11.9 Å². The van der Waals surface area contributed by atoms with Crippen LogP contribution in [-0.2, 0) is 17.9 Å². The number of nitrogens with two attached hydrogens (primary N) is 1. The summed E-state index contributed by atoms with van der Waals surface area (Å²) in [5.74, 6) is -0.335. The summed E-state index contributed by atoms with van der Waals surface area (Å²) < 4.78 is 0. The van der Waals surface area contributed by atoms with Crippen molar-refractivity contribution in [2.45, 2.75) is 26.1 Å². The molecule has 1 atom stereocenters. The largest absolute Gasteiger partial charge is 0.381 e. The fraction of sp³-hybridized carbons (Fsp3) is 0.235. The average Bonchev–Trinajstić information content (AvgIpc) is 2.52. The molecule has 0 spiro atoms. The SMILES string of the molecule is C[C@@H](NCc1ccc(CNc2ccccc2)cc1)C(N)=O. The topological polar surface area (TPSA) is 67.2 Å². The van der Waals surface area contributed by atoms with Crippen LogP contribution in [0.1, 0.15) is 18.1 Å². The van der Waals surface area contributed by atoms with Crippen molar-refractivity contribution in [3.05, 3.63) is 65.7 Å². The van der Waals surface area contributed by atoms with Crippen molar-refractivity contribution in [1.29, 1.82) is 0 Å². The van der Waals surface area contributed by atoms with Gasteiger partial charge in [0.15, 0.2) is 0 Å². The van der Waals surface area contributed by atoms with E-state index in [9.17, 15) is 4.79 Å². The lowest BCUT2D eigenvalue weighted by atomic mass is 10.1. The Labute approximate surface area is 125 Å². The zero-order valence-corrected chi connectivity index (χ0v) is 12.2. The van der Waals surface area contributed by atoms with Crippen LogP contribution in [0.5, 0.6) is 0 Å². The number of amides is 1. The molecule has 0 unspecified atom stereocenters. The Morgan fingerprint density at radius 2 is 1.57 bits per heavy atom. The summed E-state index contributed by atoms with van der Waals surface area (Å²) >= 11 is 0. The third kappa shape index (κ3) is 4.93. The van der Waals surface area contributed by atoms with E-state index in [2.05, 4.69) is 34.9 Å². The summed E-state index contributed by atoms with van der Waals surface area (Å²) in [6.45, 7) is 3.19. The number of para-hydroxylation sites is 1. The maximum Gasteiger partial charge on any atom is 0.234 e. The first-order valence-electron chi connectivity index (χ1n) is 7.04. The molecule has 21 heavy (non-hydrogen) atoms. The molecule has 4 heteroatoms. The number of primary amides is 1. The highest BCUT2D eigenvalue weighted by atomic mass is 16.1. The zero-order valence-electron chi connectivity index (χ0n) is 12.2. The molecule has 2 rings (SSSR count). The number of carbonyl (C=O) groups excluding carboxylic acids is 1. The third-order valence-corrected chi connectivity index (χ3v) is 3.33. The molecular formula is C17H21N3O. The van der Waals surface area contributed by atoms with Gasteiger partial charge < -0.3 is 16.4 Å². The molecule has 0 fully saturated rings. The van der Waals surface area contributed by atoms with Crippen molar-refractivity contribution in [1.82, 2.24) is 5.32 Å². The summed E-state index contributed by atoms with van der Waals surface area (Å²) in [7, 11) is 0. The summed E-state index contributed by atoms with van der Waals surface area (Å²) in [5, 5.41) is 6.45. The molecule has 2 aromatic carbocycles. The van der Waals surface area contributed by atoms with Gasteiger partial charge in [-0.2, -0.15) is 0 Å². The van der Waals surface area contributed by atoms with Crippen molar-refractivity contribution in [3.8, 4) is 0 Å². The Bertz CT molecular complexity index is 566. The smallest absolute Gasteiger partial charge is 0.234 e. The van der Waals surface area contributed by atoms with Crippen molar-refractivity contribution < 1.29 is 4.79 Å². The summed E-state index contributed by atoms with van der Waals surface area (Å²) in [6, 6.07) is 18.1. The van der Waals surface area contributed by atoms with Gasteiger partial charge in [0, 0.05) is 18.8 Å². The third-order valence-electron chi connectivity index (χ3n) is 3.33. The minimum atomic E-state index is -0.335. The minimum absolute atomic E-state index is 0.315. The first kappa shape index (κ1) is 15.1. The van der Waals surface area contributed by atoms with E-state index in [1.165, 1.54) is 5.56 Å². The maximum absolute atomic E-state index is 10.9. The molecular weight excluding hydrogens is 262 g/mol. The van der Waals surface area contributed by atoms with Gasteiger partial charge in [0.05, 0.1) is 6.04 Å². The molecule has 0 aliphatic carbocycles. The normalized spacial score (nSPS) is 11.9. The number of nitrogens with one attached hydrogen (secondary N) is 2. The van der Waals surface area contributed by atoms with Gasteiger partial charge in [-0.3, -0.25) is 4.79 Å². The van der Waals surface area contributed by atoms with Gasteiger partial charge in [-0.25, -0.2) is 0 Å². The first-order chi connectivity index (χ1) is 10.1. The fourth-order valence-corrected chi connectivity index (χ4v) is 1.91. The van der Waals surface area contributed by atoms with Gasteiger partial charge in [0.2, 0.25) is 5.91 Å². The zero-order chi connectivity index (χ0) is 15.1. The molecule has 0 saturated heterocycles. The predicted octanol–water partition coefficient (Wildman–Crippen LogP) is 2.26. The van der Waals surface area contributed by atoms with Gasteiger partial charge >= 0.3 is 0 Å². The number of rotatable bonds is 7. The van der Waals surface area contributed by atoms with E-state index < -0.39 is 0 Å². The number of carbonyl (C=O) groups is 1. The Morgan fingerprint density at radius 1 is 1.00 bits per heavy atom. The fourth-order valence-electron chi connectivity index (χ4n) is 1.91. The molecule has 0 aliphatic rings. The highest BCUT2D eigenvalue weighted by Gasteiger charge is 2.06. The Hall–Kier alpha value is -2.33. The van der Waals surface area contributed by atoms with Gasteiger partial charge in [-0.1, -0.05) is 42.5 Å². The summed E-state index contributed by atoms with van der Waals surface area (Å²) in [4.78, 5) is 10.9. The number of hydrogen-bond donors (Lipinski definition) is 3. The minimum Gasteiger partial charge on any atom is -0.381 e. The standard InChI is InChI=1S/C17H21N3O/c1-13(17(18)21)19-11-14-7-9-15(10-8-14)12-20-16-5-3-2-4-6-16/h2-10,13,19-20H,11-12H2,1H3,(H2,18,21)/t13-/m1/s1. The molecule has 0 heterocycles. The molecule has 0 aliphatic heterocycles. The lowest BCUT2D eigenvalue weighted by Gasteiger charge is -2.11. The number of anilines is 1. The van der Waals surface area contributed by atoms with E-state index in [1.54, 1.807) is 6.92 Å². The molecule has 0 aromatic heterocycles. The van der Waals surface area contributed by atoms with E-state index in [0.717, 1.165) is 17.8 Å². The van der Waals surface area contributed by atoms with Crippen LogP contribution in [0.3, 0.4) is 0 Å².